The van der Waals surface area contributed by atoms with Crippen LogP contribution in [0.3, 0.4) is 0 Å². The van der Waals surface area contributed by atoms with Gasteiger partial charge in [-0.15, -0.1) is 0 Å². The number of hydrogen-bond acceptors (Lipinski definition) is 1. The molecule has 0 atom stereocenters. The Bertz CT molecular complexity index is 471. The molecule has 1 aliphatic rings. The fourth-order valence-corrected chi connectivity index (χ4v) is 2.39. The molecule has 1 nitrogen and oxygen atoms in total. The zero-order valence-corrected chi connectivity index (χ0v) is 12.2. The molecular formula is C16H18BrN. The lowest BCUT2D eigenvalue weighted by molar-refractivity contribution is 0.378. The molecule has 1 heterocycles. The van der Waals surface area contributed by atoms with Gasteiger partial charge in [-0.1, -0.05) is 59.3 Å². The second-order valence-corrected chi connectivity index (χ2v) is 5.38. The lowest BCUT2D eigenvalue weighted by Crippen LogP contribution is -2.25. The van der Waals surface area contributed by atoms with Crippen molar-refractivity contribution in [2.24, 2.45) is 0 Å². The molecular weight excluding hydrogens is 286 g/mol. The highest BCUT2D eigenvalue weighted by molar-refractivity contribution is 9.11. The molecule has 0 amide bonds. The minimum atomic E-state index is 0.939. The van der Waals surface area contributed by atoms with Gasteiger partial charge in [-0.05, 0) is 30.2 Å². The highest BCUT2D eigenvalue weighted by atomic mass is 79.9. The van der Waals surface area contributed by atoms with E-state index < -0.39 is 0 Å². The van der Waals surface area contributed by atoms with Gasteiger partial charge in [0.05, 0.1) is 0 Å². The summed E-state index contributed by atoms with van der Waals surface area (Å²) in [7, 11) is 0. The molecule has 0 aliphatic carbocycles. The quantitative estimate of drug-likeness (QED) is 0.784. The summed E-state index contributed by atoms with van der Waals surface area (Å²) in [4.78, 5) is 2.38. The van der Waals surface area contributed by atoms with Gasteiger partial charge >= 0.3 is 0 Å². The Morgan fingerprint density at radius 2 is 2.00 bits per heavy atom. The summed E-state index contributed by atoms with van der Waals surface area (Å²) in [5.41, 5.74) is 2.62. The maximum atomic E-state index is 3.59. The van der Waals surface area contributed by atoms with E-state index in [9.17, 15) is 0 Å². The molecule has 0 aromatic heterocycles. The van der Waals surface area contributed by atoms with Crippen molar-refractivity contribution in [2.75, 3.05) is 6.54 Å². The molecule has 2 heteroatoms. The third-order valence-electron chi connectivity index (χ3n) is 2.88. The van der Waals surface area contributed by atoms with E-state index in [1.54, 1.807) is 0 Å². The van der Waals surface area contributed by atoms with Crippen LogP contribution in [0, 0.1) is 0 Å². The standard InChI is InChI=1S/C16H18BrN/c1-2-3-9-16-11-10-15(17)13-18(16)12-14-7-5-4-6-8-14/h3-11H,2,12-13H2,1H3. The summed E-state index contributed by atoms with van der Waals surface area (Å²) >= 11 is 3.59. The monoisotopic (exact) mass is 303 g/mol. The second-order valence-electron chi connectivity index (χ2n) is 4.36. The van der Waals surface area contributed by atoms with Gasteiger partial charge < -0.3 is 4.90 Å². The Morgan fingerprint density at radius 3 is 2.72 bits per heavy atom. The lowest BCUT2D eigenvalue weighted by Gasteiger charge is -2.28. The zero-order valence-electron chi connectivity index (χ0n) is 10.6. The topological polar surface area (TPSA) is 3.24 Å². The van der Waals surface area contributed by atoms with E-state index in [2.05, 4.69) is 82.4 Å². The molecule has 0 N–H and O–H groups in total. The predicted molar refractivity (Wildman–Crippen MR) is 81.4 cm³/mol. The predicted octanol–water partition coefficient (Wildman–Crippen LogP) is 4.63. The van der Waals surface area contributed by atoms with Crippen LogP contribution in [0.5, 0.6) is 0 Å². The van der Waals surface area contributed by atoms with Crippen molar-refractivity contribution in [3.05, 3.63) is 70.4 Å². The molecule has 94 valence electrons. The second kappa shape index (κ2) is 6.60. The number of rotatable bonds is 4. The molecule has 18 heavy (non-hydrogen) atoms. The van der Waals surface area contributed by atoms with Crippen molar-refractivity contribution < 1.29 is 0 Å². The first-order chi connectivity index (χ1) is 8.79. The van der Waals surface area contributed by atoms with Crippen LogP contribution in [0.4, 0.5) is 0 Å². The van der Waals surface area contributed by atoms with Gasteiger partial charge in [0, 0.05) is 23.3 Å². The van der Waals surface area contributed by atoms with Gasteiger partial charge in [0.1, 0.15) is 0 Å². The zero-order chi connectivity index (χ0) is 12.8. The van der Waals surface area contributed by atoms with Crippen LogP contribution in [0.2, 0.25) is 0 Å². The van der Waals surface area contributed by atoms with Crippen LogP contribution in [0.25, 0.3) is 0 Å². The minimum Gasteiger partial charge on any atom is -0.362 e. The van der Waals surface area contributed by atoms with Gasteiger partial charge in [-0.2, -0.15) is 0 Å². The Labute approximate surface area is 118 Å². The molecule has 0 unspecified atom stereocenters. The third-order valence-corrected chi connectivity index (χ3v) is 3.40. The molecule has 0 saturated heterocycles. The summed E-state index contributed by atoms with van der Waals surface area (Å²) in [6.07, 6.45) is 9.79. The Balaban J connectivity index is 2.13. The average Bonchev–Trinajstić information content (AvgIpc) is 2.39. The molecule has 1 aromatic rings. The normalized spacial score (nSPS) is 15.8. The lowest BCUT2D eigenvalue weighted by atomic mass is 10.1. The van der Waals surface area contributed by atoms with Crippen LogP contribution >= 0.6 is 15.9 Å². The van der Waals surface area contributed by atoms with Gasteiger partial charge in [-0.3, -0.25) is 0 Å². The number of benzene rings is 1. The smallest absolute Gasteiger partial charge is 0.0498 e. The van der Waals surface area contributed by atoms with Crippen LogP contribution in [-0.4, -0.2) is 11.4 Å². The van der Waals surface area contributed by atoms with Gasteiger partial charge in [-0.25, -0.2) is 0 Å². The largest absolute Gasteiger partial charge is 0.362 e. The first kappa shape index (κ1) is 13.2. The Morgan fingerprint density at radius 1 is 1.22 bits per heavy atom. The number of nitrogens with zero attached hydrogens (tertiary/aromatic N) is 1. The van der Waals surface area contributed by atoms with E-state index >= 15 is 0 Å². The van der Waals surface area contributed by atoms with Crippen molar-refractivity contribution in [1.82, 2.24) is 4.90 Å². The minimum absolute atomic E-state index is 0.939. The SMILES string of the molecule is CCC=CC1=CC=C(Br)CN1Cc1ccccc1. The van der Waals surface area contributed by atoms with Crippen molar-refractivity contribution in [3.63, 3.8) is 0 Å². The summed E-state index contributed by atoms with van der Waals surface area (Å²) in [6, 6.07) is 10.6. The first-order valence-electron chi connectivity index (χ1n) is 6.31. The fourth-order valence-electron chi connectivity index (χ4n) is 1.96. The summed E-state index contributed by atoms with van der Waals surface area (Å²) in [5, 5.41) is 0. The Hall–Kier alpha value is -1.28. The molecule has 0 saturated carbocycles. The summed E-state index contributed by atoms with van der Waals surface area (Å²) in [5.74, 6) is 0. The van der Waals surface area contributed by atoms with Gasteiger partial charge in [0.25, 0.3) is 0 Å². The molecule has 0 spiro atoms. The van der Waals surface area contributed by atoms with E-state index in [1.807, 2.05) is 0 Å². The third kappa shape index (κ3) is 3.61. The van der Waals surface area contributed by atoms with E-state index in [0.29, 0.717) is 0 Å². The molecule has 1 aliphatic heterocycles. The molecule has 1 aromatic carbocycles. The summed E-state index contributed by atoms with van der Waals surface area (Å²) in [6.45, 7) is 4.05. The maximum absolute atomic E-state index is 3.59. The van der Waals surface area contributed by atoms with Crippen molar-refractivity contribution in [1.29, 1.82) is 0 Å². The van der Waals surface area contributed by atoms with Crippen LogP contribution in [0.15, 0.2) is 64.8 Å². The van der Waals surface area contributed by atoms with E-state index in [0.717, 1.165) is 19.5 Å². The number of hydrogen-bond donors (Lipinski definition) is 0. The average molecular weight is 304 g/mol. The van der Waals surface area contributed by atoms with Crippen molar-refractivity contribution >= 4 is 15.9 Å². The molecule has 0 bridgehead atoms. The van der Waals surface area contributed by atoms with Crippen LogP contribution in [0.1, 0.15) is 18.9 Å². The van der Waals surface area contributed by atoms with Gasteiger partial charge in [0.15, 0.2) is 0 Å². The fraction of sp³-hybridized carbons (Fsp3) is 0.250. The van der Waals surface area contributed by atoms with E-state index in [4.69, 9.17) is 0 Å². The van der Waals surface area contributed by atoms with E-state index in [1.165, 1.54) is 15.7 Å². The first-order valence-corrected chi connectivity index (χ1v) is 7.10. The molecule has 2 rings (SSSR count). The van der Waals surface area contributed by atoms with Crippen LogP contribution in [-0.2, 0) is 6.54 Å². The Kier molecular flexibility index (Phi) is 4.82. The maximum Gasteiger partial charge on any atom is 0.0498 e. The van der Waals surface area contributed by atoms with Crippen molar-refractivity contribution in [3.8, 4) is 0 Å². The summed E-state index contributed by atoms with van der Waals surface area (Å²) < 4.78 is 1.23. The van der Waals surface area contributed by atoms with Gasteiger partial charge in [0.2, 0.25) is 0 Å². The van der Waals surface area contributed by atoms with Crippen molar-refractivity contribution in [2.45, 2.75) is 19.9 Å². The highest BCUT2D eigenvalue weighted by Crippen LogP contribution is 2.22. The highest BCUT2D eigenvalue weighted by Gasteiger charge is 2.12. The van der Waals surface area contributed by atoms with E-state index in [-0.39, 0.29) is 0 Å². The number of allylic oxidation sites excluding steroid dienone is 4. The van der Waals surface area contributed by atoms with Crippen LogP contribution < -0.4 is 0 Å². The molecule has 0 fully saturated rings. The molecule has 0 radical (unpaired) electrons. The number of halogens is 1.